The third-order valence-corrected chi connectivity index (χ3v) is 7.16. The van der Waals surface area contributed by atoms with Gasteiger partial charge in [-0.2, -0.15) is 4.31 Å². The van der Waals surface area contributed by atoms with Crippen LogP contribution in [0.4, 0.5) is 5.69 Å². The highest BCUT2D eigenvalue weighted by Crippen LogP contribution is 2.31. The number of carbonyl (C=O) groups is 1. The number of benzene rings is 3. The van der Waals surface area contributed by atoms with Crippen molar-refractivity contribution < 1.29 is 22.7 Å². The Morgan fingerprint density at radius 2 is 1.67 bits per heavy atom. The molecule has 0 unspecified atom stereocenters. The van der Waals surface area contributed by atoms with E-state index in [4.69, 9.17) is 21.1 Å². The van der Waals surface area contributed by atoms with E-state index in [2.05, 4.69) is 5.32 Å². The molecule has 0 heterocycles. The average Bonchev–Trinajstić information content (AvgIpc) is 2.81. The van der Waals surface area contributed by atoms with Crippen LogP contribution in [0.25, 0.3) is 0 Å². The Hall–Kier alpha value is -3.07. The number of rotatable bonds is 9. The Labute approximate surface area is 198 Å². The number of hydrogen-bond acceptors (Lipinski definition) is 5. The number of nitrogens with zero attached hydrogens (tertiary/aromatic N) is 1. The lowest BCUT2D eigenvalue weighted by Crippen LogP contribution is -2.37. The Kier molecular flexibility index (Phi) is 7.97. The summed E-state index contributed by atoms with van der Waals surface area (Å²) in [5, 5.41) is 3.22. The number of nitrogens with one attached hydrogen (secondary N) is 1. The molecule has 9 heteroatoms. The van der Waals surface area contributed by atoms with E-state index in [9.17, 15) is 13.2 Å². The number of halogens is 1. The molecule has 0 aliphatic heterocycles. The van der Waals surface area contributed by atoms with Crippen LogP contribution in [0.1, 0.15) is 11.1 Å². The monoisotopic (exact) mass is 488 g/mol. The lowest BCUT2D eigenvalue weighted by Gasteiger charge is -2.22. The Balaban J connectivity index is 1.91. The molecule has 0 aliphatic rings. The van der Waals surface area contributed by atoms with Gasteiger partial charge in [0.25, 0.3) is 0 Å². The van der Waals surface area contributed by atoms with Crippen molar-refractivity contribution in [2.75, 3.05) is 26.1 Å². The fourth-order valence-corrected chi connectivity index (χ4v) is 4.75. The van der Waals surface area contributed by atoms with E-state index < -0.39 is 22.5 Å². The molecule has 0 aromatic heterocycles. The van der Waals surface area contributed by atoms with Gasteiger partial charge in [-0.15, -0.1) is 0 Å². The molecule has 0 saturated carbocycles. The highest BCUT2D eigenvalue weighted by Gasteiger charge is 2.28. The van der Waals surface area contributed by atoms with Gasteiger partial charge in [0.1, 0.15) is 0 Å². The summed E-state index contributed by atoms with van der Waals surface area (Å²) in [5.74, 6) is 0.187. The standard InChI is InChI=1S/C24H25ClN2O5S/c1-17-9-10-19(13-21(17)25)26-24(28)16-27(15-18-7-5-4-6-8-18)33(29,30)20-11-12-22(31-2)23(14-20)32-3/h4-14H,15-16H2,1-3H3,(H,26,28). The molecule has 0 radical (unpaired) electrons. The first-order chi connectivity index (χ1) is 15.7. The summed E-state index contributed by atoms with van der Waals surface area (Å²) in [6, 6.07) is 18.5. The number of amides is 1. The second-order valence-electron chi connectivity index (χ2n) is 7.29. The molecule has 0 aliphatic carbocycles. The van der Waals surface area contributed by atoms with E-state index in [0.29, 0.717) is 16.5 Å². The molecule has 1 amide bonds. The van der Waals surface area contributed by atoms with Crippen molar-refractivity contribution in [2.45, 2.75) is 18.4 Å². The van der Waals surface area contributed by atoms with Crippen molar-refractivity contribution in [2.24, 2.45) is 0 Å². The fraction of sp³-hybridized carbons (Fsp3) is 0.208. The van der Waals surface area contributed by atoms with E-state index in [1.54, 1.807) is 30.3 Å². The maximum atomic E-state index is 13.5. The highest BCUT2D eigenvalue weighted by atomic mass is 35.5. The van der Waals surface area contributed by atoms with Gasteiger partial charge in [0.15, 0.2) is 11.5 Å². The van der Waals surface area contributed by atoms with Crippen molar-refractivity contribution in [3.63, 3.8) is 0 Å². The molecule has 33 heavy (non-hydrogen) atoms. The summed E-state index contributed by atoms with van der Waals surface area (Å²) in [6.07, 6.45) is 0. The summed E-state index contributed by atoms with van der Waals surface area (Å²) in [5.41, 5.74) is 2.10. The molecule has 0 bridgehead atoms. The minimum absolute atomic E-state index is 0.0118. The van der Waals surface area contributed by atoms with Gasteiger partial charge in [0.05, 0.1) is 25.7 Å². The number of ether oxygens (including phenoxy) is 2. The number of sulfonamides is 1. The minimum Gasteiger partial charge on any atom is -0.493 e. The zero-order valence-electron chi connectivity index (χ0n) is 18.5. The molecule has 0 saturated heterocycles. The van der Waals surface area contributed by atoms with E-state index >= 15 is 0 Å². The highest BCUT2D eigenvalue weighted by molar-refractivity contribution is 7.89. The van der Waals surface area contributed by atoms with Gasteiger partial charge in [-0.05, 0) is 42.3 Å². The molecule has 3 aromatic carbocycles. The van der Waals surface area contributed by atoms with Crippen molar-refractivity contribution >= 4 is 33.2 Å². The van der Waals surface area contributed by atoms with Crippen LogP contribution in [0.15, 0.2) is 71.6 Å². The third-order valence-electron chi connectivity index (χ3n) is 4.97. The second-order valence-corrected chi connectivity index (χ2v) is 9.63. The van der Waals surface area contributed by atoms with Gasteiger partial charge >= 0.3 is 0 Å². The van der Waals surface area contributed by atoms with Crippen molar-refractivity contribution in [1.29, 1.82) is 0 Å². The number of anilines is 1. The zero-order valence-corrected chi connectivity index (χ0v) is 20.1. The average molecular weight is 489 g/mol. The maximum absolute atomic E-state index is 13.5. The maximum Gasteiger partial charge on any atom is 0.243 e. The summed E-state index contributed by atoms with van der Waals surface area (Å²) < 4.78 is 38.6. The molecule has 3 aromatic rings. The predicted octanol–water partition coefficient (Wildman–Crippen LogP) is 4.50. The van der Waals surface area contributed by atoms with Crippen LogP contribution in [0.5, 0.6) is 11.5 Å². The summed E-state index contributed by atoms with van der Waals surface area (Å²) in [4.78, 5) is 12.8. The number of carbonyl (C=O) groups excluding carboxylic acids is 1. The molecular weight excluding hydrogens is 464 g/mol. The first-order valence-electron chi connectivity index (χ1n) is 10.1. The Bertz CT molecular complexity index is 1230. The van der Waals surface area contributed by atoms with Gasteiger partial charge in [0, 0.05) is 23.3 Å². The summed E-state index contributed by atoms with van der Waals surface area (Å²) >= 11 is 6.14. The minimum atomic E-state index is -4.05. The molecule has 3 rings (SSSR count). The van der Waals surface area contributed by atoms with Crippen molar-refractivity contribution in [1.82, 2.24) is 4.31 Å². The van der Waals surface area contributed by atoms with Crippen LogP contribution in [-0.4, -0.2) is 39.4 Å². The first-order valence-corrected chi connectivity index (χ1v) is 11.9. The third kappa shape index (κ3) is 6.04. The zero-order chi connectivity index (χ0) is 24.0. The van der Waals surface area contributed by atoms with Crippen molar-refractivity contribution in [3.05, 3.63) is 82.9 Å². The van der Waals surface area contributed by atoms with Crippen LogP contribution in [0.3, 0.4) is 0 Å². The van der Waals surface area contributed by atoms with Crippen LogP contribution in [0, 0.1) is 6.92 Å². The molecule has 1 N–H and O–H groups in total. The number of hydrogen-bond donors (Lipinski definition) is 1. The normalized spacial score (nSPS) is 11.3. The number of aryl methyl sites for hydroxylation is 1. The van der Waals surface area contributed by atoms with E-state index in [0.717, 1.165) is 15.4 Å². The van der Waals surface area contributed by atoms with Crippen LogP contribution < -0.4 is 14.8 Å². The number of methoxy groups -OCH3 is 2. The molecule has 0 spiro atoms. The second kappa shape index (κ2) is 10.7. The smallest absolute Gasteiger partial charge is 0.243 e. The van der Waals surface area contributed by atoms with Crippen LogP contribution in [0.2, 0.25) is 5.02 Å². The van der Waals surface area contributed by atoms with E-state index in [-0.39, 0.29) is 17.2 Å². The summed E-state index contributed by atoms with van der Waals surface area (Å²) in [7, 11) is -1.15. The first kappa shape index (κ1) is 24.6. The lowest BCUT2D eigenvalue weighted by molar-refractivity contribution is -0.116. The van der Waals surface area contributed by atoms with Gasteiger partial charge < -0.3 is 14.8 Å². The SMILES string of the molecule is COc1ccc(S(=O)(=O)N(CC(=O)Nc2ccc(C)c(Cl)c2)Cc2ccccc2)cc1OC. The molecule has 7 nitrogen and oxygen atoms in total. The molecule has 0 atom stereocenters. The topological polar surface area (TPSA) is 84.9 Å². The predicted molar refractivity (Wildman–Crippen MR) is 128 cm³/mol. The Morgan fingerprint density at radius 1 is 0.970 bits per heavy atom. The molecule has 174 valence electrons. The van der Waals surface area contributed by atoms with Gasteiger partial charge in [-0.3, -0.25) is 4.79 Å². The van der Waals surface area contributed by atoms with E-state index in [1.165, 1.54) is 32.4 Å². The molecular formula is C24H25ClN2O5S. The largest absolute Gasteiger partial charge is 0.493 e. The molecule has 0 fully saturated rings. The van der Waals surface area contributed by atoms with Crippen LogP contribution >= 0.6 is 11.6 Å². The van der Waals surface area contributed by atoms with Crippen LogP contribution in [-0.2, 0) is 21.4 Å². The van der Waals surface area contributed by atoms with Gasteiger partial charge in [-0.1, -0.05) is 48.0 Å². The van der Waals surface area contributed by atoms with Gasteiger partial charge in [0.2, 0.25) is 15.9 Å². The van der Waals surface area contributed by atoms with Gasteiger partial charge in [-0.25, -0.2) is 8.42 Å². The quantitative estimate of drug-likeness (QED) is 0.479. The van der Waals surface area contributed by atoms with Crippen molar-refractivity contribution in [3.8, 4) is 11.5 Å². The lowest BCUT2D eigenvalue weighted by atomic mass is 10.2. The fourth-order valence-electron chi connectivity index (χ4n) is 3.17. The Morgan fingerprint density at radius 3 is 2.30 bits per heavy atom. The van der Waals surface area contributed by atoms with E-state index in [1.807, 2.05) is 25.1 Å². The summed E-state index contributed by atoms with van der Waals surface area (Å²) in [6.45, 7) is 1.47.